The summed E-state index contributed by atoms with van der Waals surface area (Å²) in [6.45, 7) is -1.10. The number of pyridine rings is 1. The molecule has 44 heavy (non-hydrogen) atoms. The third kappa shape index (κ3) is 9.20. The van der Waals surface area contributed by atoms with Crippen LogP contribution in [-0.4, -0.2) is 71.2 Å². The maximum absolute atomic E-state index is 14.9. The van der Waals surface area contributed by atoms with E-state index in [9.17, 15) is 40.3 Å². The van der Waals surface area contributed by atoms with Gasteiger partial charge < -0.3 is 15.0 Å². The minimum absolute atomic E-state index is 0.0543. The van der Waals surface area contributed by atoms with E-state index in [1.54, 1.807) is 0 Å². The van der Waals surface area contributed by atoms with Gasteiger partial charge in [0.15, 0.2) is 11.4 Å². The number of aromatic nitrogens is 7. The normalized spacial score (nSPS) is 12.5. The van der Waals surface area contributed by atoms with E-state index in [-0.39, 0.29) is 49.6 Å². The Morgan fingerprint density at radius 2 is 1.84 bits per heavy atom. The molecule has 2 amide bonds. The summed E-state index contributed by atoms with van der Waals surface area (Å²) in [7, 11) is 0. The molecule has 1 atom stereocenters. The van der Waals surface area contributed by atoms with Gasteiger partial charge in [0.1, 0.15) is 11.9 Å². The lowest BCUT2D eigenvalue weighted by atomic mass is 10.1. The van der Waals surface area contributed by atoms with Crippen LogP contribution in [0.25, 0.3) is 0 Å². The topological polar surface area (TPSA) is 144 Å². The number of benzene rings is 1. The van der Waals surface area contributed by atoms with E-state index < -0.39 is 41.8 Å². The van der Waals surface area contributed by atoms with Gasteiger partial charge in [-0.05, 0) is 35.7 Å². The molecule has 0 spiro atoms. The summed E-state index contributed by atoms with van der Waals surface area (Å²) in [5.41, 5.74) is -0.977. The van der Waals surface area contributed by atoms with Gasteiger partial charge in [-0.15, -0.1) is 23.4 Å². The first-order valence-corrected chi connectivity index (χ1v) is 12.6. The van der Waals surface area contributed by atoms with Gasteiger partial charge in [0, 0.05) is 32.0 Å². The summed E-state index contributed by atoms with van der Waals surface area (Å²) in [5, 5.41) is 19.2. The molecule has 0 bridgehead atoms. The van der Waals surface area contributed by atoms with Crippen molar-refractivity contribution in [3.63, 3.8) is 0 Å². The molecule has 0 aliphatic heterocycles. The highest BCUT2D eigenvalue weighted by Crippen LogP contribution is 2.29. The zero-order valence-corrected chi connectivity index (χ0v) is 22.3. The Balaban J connectivity index is 1.33. The Morgan fingerprint density at radius 3 is 2.55 bits per heavy atom. The molecule has 0 radical (unpaired) electrons. The first kappa shape index (κ1) is 31.8. The van der Waals surface area contributed by atoms with Crippen molar-refractivity contribution in [2.45, 2.75) is 44.8 Å². The van der Waals surface area contributed by atoms with Crippen LogP contribution < -0.4 is 10.1 Å². The molecule has 19 heteroatoms. The highest BCUT2D eigenvalue weighted by Gasteiger charge is 2.32. The van der Waals surface area contributed by atoms with Crippen molar-refractivity contribution >= 4 is 11.8 Å². The van der Waals surface area contributed by atoms with Gasteiger partial charge in [0.05, 0.1) is 24.5 Å². The first-order chi connectivity index (χ1) is 20.8. The van der Waals surface area contributed by atoms with Gasteiger partial charge in [0.25, 0.3) is 11.8 Å². The molecule has 0 saturated carbocycles. The second-order valence-corrected chi connectivity index (χ2v) is 9.25. The number of alkyl halides is 7. The van der Waals surface area contributed by atoms with Gasteiger partial charge in [-0.2, -0.15) is 13.2 Å². The number of hydrogen-bond donors (Lipinski definition) is 2. The summed E-state index contributed by atoms with van der Waals surface area (Å²) in [4.78, 5) is 30.0. The van der Waals surface area contributed by atoms with E-state index in [0.717, 1.165) is 40.2 Å². The number of carbonyl (C=O) groups excluding carboxylic acids is 2. The molecule has 0 saturated heterocycles. The summed E-state index contributed by atoms with van der Waals surface area (Å²) < 4.78 is 96.4. The second-order valence-electron chi connectivity index (χ2n) is 9.25. The summed E-state index contributed by atoms with van der Waals surface area (Å²) in [6, 6.07) is 5.81. The number of ether oxygens (including phenoxy) is 1. The largest absolute Gasteiger partial charge is 0.573 e. The molecular formula is C25H22F7N9O3. The lowest BCUT2D eigenvalue weighted by Crippen LogP contribution is -2.33. The zero-order valence-electron chi connectivity index (χ0n) is 22.3. The van der Waals surface area contributed by atoms with Crippen LogP contribution in [0.5, 0.6) is 5.75 Å². The van der Waals surface area contributed by atoms with Gasteiger partial charge in [-0.3, -0.25) is 19.7 Å². The van der Waals surface area contributed by atoms with Crippen molar-refractivity contribution in [3.05, 3.63) is 83.2 Å². The molecule has 0 aliphatic rings. The van der Waals surface area contributed by atoms with Crippen molar-refractivity contribution in [1.29, 1.82) is 0 Å². The predicted octanol–water partition coefficient (Wildman–Crippen LogP) is 3.71. The molecule has 234 valence electrons. The van der Waals surface area contributed by atoms with Crippen LogP contribution in [0.2, 0.25) is 0 Å². The van der Waals surface area contributed by atoms with Gasteiger partial charge in [0.2, 0.25) is 0 Å². The Hall–Kier alpha value is -5.10. The van der Waals surface area contributed by atoms with Crippen molar-refractivity contribution in [2.75, 3.05) is 6.54 Å². The van der Waals surface area contributed by atoms with Crippen molar-refractivity contribution in [1.82, 2.24) is 45.6 Å². The Kier molecular flexibility index (Phi) is 9.74. The first-order valence-electron chi connectivity index (χ1n) is 12.6. The quantitative estimate of drug-likeness (QED) is 0.226. The lowest BCUT2D eigenvalue weighted by molar-refractivity contribution is -0.274. The van der Waals surface area contributed by atoms with Crippen molar-refractivity contribution < 1.29 is 45.1 Å². The Morgan fingerprint density at radius 1 is 1.05 bits per heavy atom. The molecule has 4 rings (SSSR count). The summed E-state index contributed by atoms with van der Waals surface area (Å²) in [6.07, 6.45) is -7.30. The number of carbonyl (C=O) groups is 2. The van der Waals surface area contributed by atoms with Crippen molar-refractivity contribution in [3.8, 4) is 5.75 Å². The van der Waals surface area contributed by atoms with Crippen LogP contribution in [-0.2, 0) is 25.8 Å². The molecule has 0 aliphatic carbocycles. The Bertz CT molecular complexity index is 1560. The molecule has 1 unspecified atom stereocenters. The van der Waals surface area contributed by atoms with E-state index in [0.29, 0.717) is 11.8 Å². The average Bonchev–Trinajstić information content (AvgIpc) is 3.66. The zero-order chi connectivity index (χ0) is 31.9. The van der Waals surface area contributed by atoms with Gasteiger partial charge in [-0.25, -0.2) is 9.07 Å². The van der Waals surface area contributed by atoms with E-state index in [1.807, 2.05) is 0 Å². The fraction of sp³-hybridized carbons (Fsp3) is 0.320. The smallest absolute Gasteiger partial charge is 0.406 e. The fourth-order valence-corrected chi connectivity index (χ4v) is 3.88. The number of H-pyrrole nitrogens is 1. The highest BCUT2D eigenvalue weighted by molar-refractivity contribution is 5.92. The number of halogens is 7. The molecule has 0 fully saturated rings. The highest BCUT2D eigenvalue weighted by atomic mass is 19.4. The summed E-state index contributed by atoms with van der Waals surface area (Å²) >= 11 is 0. The third-order valence-electron chi connectivity index (χ3n) is 5.87. The average molecular weight is 629 g/mol. The van der Waals surface area contributed by atoms with E-state index in [4.69, 9.17) is 0 Å². The van der Waals surface area contributed by atoms with E-state index in [2.05, 4.69) is 40.8 Å². The van der Waals surface area contributed by atoms with Crippen LogP contribution in [0, 0.1) is 0 Å². The Labute approximate surface area is 243 Å². The molecule has 12 nitrogen and oxygen atoms in total. The maximum Gasteiger partial charge on any atom is 0.573 e. The minimum atomic E-state index is -4.88. The molecule has 3 heterocycles. The standard InChI is InChI=1S/C25H22F7N9O3/c26-18(4-5-40(23(43)20-11-35-38-36-20)12-16-6-17(10-33-8-16)24(27,28)29)13-41-14-21(37-39-41)22(42)34-9-15-2-1-3-19(7-15)44-25(30,31)32/h1-3,6-8,10-11,14,18H,4-5,9,12-13H2,(H,34,42)(H,35,36,38). The van der Waals surface area contributed by atoms with Crippen molar-refractivity contribution in [2.24, 2.45) is 0 Å². The van der Waals surface area contributed by atoms with Crippen LogP contribution in [0.3, 0.4) is 0 Å². The third-order valence-corrected chi connectivity index (χ3v) is 5.87. The number of nitrogens with one attached hydrogen (secondary N) is 2. The van der Waals surface area contributed by atoms with Crippen LogP contribution in [0.4, 0.5) is 30.7 Å². The molecule has 4 aromatic rings. The van der Waals surface area contributed by atoms with Gasteiger partial charge >= 0.3 is 12.5 Å². The maximum atomic E-state index is 14.9. The number of rotatable bonds is 12. The second kappa shape index (κ2) is 13.5. The number of amides is 2. The molecular weight excluding hydrogens is 607 g/mol. The van der Waals surface area contributed by atoms with Gasteiger partial charge in [-0.1, -0.05) is 22.6 Å². The van der Waals surface area contributed by atoms with E-state index in [1.165, 1.54) is 18.3 Å². The lowest BCUT2D eigenvalue weighted by Gasteiger charge is -2.23. The predicted molar refractivity (Wildman–Crippen MR) is 134 cm³/mol. The molecule has 2 N–H and O–H groups in total. The molecule has 3 aromatic heterocycles. The monoisotopic (exact) mass is 629 g/mol. The summed E-state index contributed by atoms with van der Waals surface area (Å²) in [5.74, 6) is -1.90. The number of aromatic amines is 1. The number of hydrogen-bond acceptors (Lipinski definition) is 8. The van der Waals surface area contributed by atoms with Crippen LogP contribution in [0.1, 0.15) is 44.1 Å². The fourth-order valence-electron chi connectivity index (χ4n) is 3.88. The van der Waals surface area contributed by atoms with E-state index >= 15 is 0 Å². The van der Waals surface area contributed by atoms with Crippen LogP contribution >= 0.6 is 0 Å². The van der Waals surface area contributed by atoms with Crippen LogP contribution in [0.15, 0.2) is 55.1 Å². The SMILES string of the molecule is O=C(NCc1cccc(OC(F)(F)F)c1)c1cn(CC(F)CCN(Cc2cncc(C(F)(F)F)c2)C(=O)c2c[nH]nn2)nn1. The molecule has 1 aromatic carbocycles. The number of nitrogens with zero attached hydrogens (tertiary/aromatic N) is 7. The minimum Gasteiger partial charge on any atom is -0.406 e.